The van der Waals surface area contributed by atoms with E-state index in [1.807, 2.05) is 41.1 Å². The molecule has 0 amide bonds. The number of H-pyrrole nitrogens is 1. The molecule has 0 aliphatic heterocycles. The fourth-order valence-corrected chi connectivity index (χ4v) is 2.70. The molecule has 0 saturated heterocycles. The van der Waals surface area contributed by atoms with Crippen LogP contribution in [0.4, 0.5) is 4.39 Å². The van der Waals surface area contributed by atoms with E-state index in [-0.39, 0.29) is 5.82 Å². The molecule has 1 heterocycles. The van der Waals surface area contributed by atoms with E-state index in [2.05, 4.69) is 20.9 Å². The molecule has 1 aromatic heterocycles. The molecule has 2 aromatic carbocycles. The molecular weight excluding hydrogens is 339 g/mol. The summed E-state index contributed by atoms with van der Waals surface area (Å²) in [4.78, 5) is 3.04. The second kappa shape index (κ2) is 5.34. The van der Waals surface area contributed by atoms with Crippen LogP contribution in [0.5, 0.6) is 0 Å². The first-order chi connectivity index (χ1) is 9.66. The van der Waals surface area contributed by atoms with Gasteiger partial charge < -0.3 is 4.98 Å². The van der Waals surface area contributed by atoms with Crippen LogP contribution in [0.2, 0.25) is 0 Å². The first-order valence-electron chi connectivity index (χ1n) is 5.98. The van der Waals surface area contributed by atoms with E-state index in [0.717, 1.165) is 16.9 Å². The summed E-state index contributed by atoms with van der Waals surface area (Å²) in [5.74, 6) is -0.294. The Morgan fingerprint density at radius 2 is 1.85 bits per heavy atom. The van der Waals surface area contributed by atoms with Crippen molar-refractivity contribution in [2.45, 2.75) is 0 Å². The normalized spacial score (nSPS) is 10.7. The van der Waals surface area contributed by atoms with E-state index >= 15 is 0 Å². The quantitative estimate of drug-likeness (QED) is 0.638. The van der Waals surface area contributed by atoms with Crippen LogP contribution in [0.3, 0.4) is 0 Å². The SMILES string of the molecule is Fc1ccc(-n2c(-c3ccccc3)c[nH]c2=S)cc1Br. The summed E-state index contributed by atoms with van der Waals surface area (Å²) in [6.45, 7) is 0. The van der Waals surface area contributed by atoms with Crippen molar-refractivity contribution in [1.82, 2.24) is 9.55 Å². The van der Waals surface area contributed by atoms with Gasteiger partial charge in [-0.1, -0.05) is 30.3 Å². The second-order valence-electron chi connectivity index (χ2n) is 4.28. The van der Waals surface area contributed by atoms with Gasteiger partial charge in [-0.3, -0.25) is 4.57 Å². The number of rotatable bonds is 2. The maximum absolute atomic E-state index is 13.4. The van der Waals surface area contributed by atoms with E-state index < -0.39 is 0 Å². The number of nitrogens with one attached hydrogen (secondary N) is 1. The van der Waals surface area contributed by atoms with E-state index in [1.54, 1.807) is 12.1 Å². The number of imidazole rings is 1. The van der Waals surface area contributed by atoms with Crippen molar-refractivity contribution in [3.8, 4) is 16.9 Å². The van der Waals surface area contributed by atoms with Crippen molar-refractivity contribution >= 4 is 28.1 Å². The van der Waals surface area contributed by atoms with Crippen LogP contribution in [0.1, 0.15) is 0 Å². The molecule has 20 heavy (non-hydrogen) atoms. The lowest BCUT2D eigenvalue weighted by molar-refractivity contribution is 0.620. The topological polar surface area (TPSA) is 20.7 Å². The van der Waals surface area contributed by atoms with Gasteiger partial charge in [-0.05, 0) is 46.3 Å². The number of hydrogen-bond acceptors (Lipinski definition) is 1. The summed E-state index contributed by atoms with van der Waals surface area (Å²) in [6.07, 6.45) is 1.86. The highest BCUT2D eigenvalue weighted by Crippen LogP contribution is 2.26. The van der Waals surface area contributed by atoms with Gasteiger partial charge in [-0.25, -0.2) is 4.39 Å². The molecule has 0 saturated carbocycles. The van der Waals surface area contributed by atoms with Crippen molar-refractivity contribution in [3.63, 3.8) is 0 Å². The maximum Gasteiger partial charge on any atom is 0.182 e. The lowest BCUT2D eigenvalue weighted by Crippen LogP contribution is -1.97. The molecule has 0 atom stereocenters. The molecule has 0 bridgehead atoms. The molecule has 0 unspecified atom stereocenters. The molecule has 0 fully saturated rings. The van der Waals surface area contributed by atoms with Crippen LogP contribution in [0.25, 0.3) is 16.9 Å². The van der Waals surface area contributed by atoms with Gasteiger partial charge in [0.2, 0.25) is 0 Å². The van der Waals surface area contributed by atoms with Crippen LogP contribution in [-0.4, -0.2) is 9.55 Å². The molecular formula is C15H10BrFN2S. The van der Waals surface area contributed by atoms with E-state index in [4.69, 9.17) is 12.2 Å². The Labute approximate surface area is 129 Å². The molecule has 3 aromatic rings. The number of halogens is 2. The predicted octanol–water partition coefficient (Wildman–Crippen LogP) is 5.10. The summed E-state index contributed by atoms with van der Waals surface area (Å²) < 4.78 is 16.2. The van der Waals surface area contributed by atoms with Gasteiger partial charge in [-0.2, -0.15) is 0 Å². The number of benzene rings is 2. The lowest BCUT2D eigenvalue weighted by atomic mass is 10.1. The van der Waals surface area contributed by atoms with Crippen molar-refractivity contribution in [3.05, 3.63) is 69.8 Å². The van der Waals surface area contributed by atoms with Gasteiger partial charge in [-0.15, -0.1) is 0 Å². The molecule has 5 heteroatoms. The van der Waals surface area contributed by atoms with Crippen LogP contribution >= 0.6 is 28.1 Å². The van der Waals surface area contributed by atoms with Gasteiger partial charge in [0.25, 0.3) is 0 Å². The number of aromatic nitrogens is 2. The van der Waals surface area contributed by atoms with E-state index in [9.17, 15) is 4.39 Å². The smallest absolute Gasteiger partial charge is 0.182 e. The average Bonchev–Trinajstić information content (AvgIpc) is 2.85. The largest absolute Gasteiger partial charge is 0.336 e. The van der Waals surface area contributed by atoms with Gasteiger partial charge >= 0.3 is 0 Å². The van der Waals surface area contributed by atoms with Gasteiger partial charge in [0.05, 0.1) is 10.2 Å². The summed E-state index contributed by atoms with van der Waals surface area (Å²) in [5.41, 5.74) is 2.79. The zero-order valence-electron chi connectivity index (χ0n) is 10.3. The van der Waals surface area contributed by atoms with Crippen molar-refractivity contribution in [2.75, 3.05) is 0 Å². The third-order valence-electron chi connectivity index (χ3n) is 3.01. The first kappa shape index (κ1) is 13.3. The molecule has 0 aliphatic carbocycles. The highest BCUT2D eigenvalue weighted by atomic mass is 79.9. The molecule has 100 valence electrons. The van der Waals surface area contributed by atoms with Gasteiger partial charge in [0, 0.05) is 17.4 Å². The van der Waals surface area contributed by atoms with Crippen LogP contribution < -0.4 is 0 Å². The van der Waals surface area contributed by atoms with Crippen LogP contribution in [-0.2, 0) is 0 Å². The Bertz CT molecular complexity index is 808. The Kier molecular flexibility index (Phi) is 3.54. The Morgan fingerprint density at radius 1 is 1.10 bits per heavy atom. The monoisotopic (exact) mass is 348 g/mol. The van der Waals surface area contributed by atoms with E-state index in [0.29, 0.717) is 9.24 Å². The fraction of sp³-hybridized carbons (Fsp3) is 0. The summed E-state index contributed by atoms with van der Waals surface area (Å²) >= 11 is 8.53. The highest BCUT2D eigenvalue weighted by molar-refractivity contribution is 9.10. The molecule has 3 rings (SSSR count). The zero-order valence-corrected chi connectivity index (χ0v) is 12.7. The molecule has 0 spiro atoms. The second-order valence-corrected chi connectivity index (χ2v) is 5.52. The summed E-state index contributed by atoms with van der Waals surface area (Å²) in [6, 6.07) is 14.8. The van der Waals surface area contributed by atoms with Crippen molar-refractivity contribution in [1.29, 1.82) is 0 Å². The molecule has 0 radical (unpaired) electrons. The summed E-state index contributed by atoms with van der Waals surface area (Å²) in [7, 11) is 0. The van der Waals surface area contributed by atoms with E-state index in [1.165, 1.54) is 6.07 Å². The first-order valence-corrected chi connectivity index (χ1v) is 7.18. The van der Waals surface area contributed by atoms with Gasteiger partial charge in [0.15, 0.2) is 4.77 Å². The minimum Gasteiger partial charge on any atom is -0.336 e. The third kappa shape index (κ3) is 2.34. The standard InChI is InChI=1S/C15H10BrFN2S/c16-12-8-11(6-7-13(12)17)19-14(9-18-15(19)20)10-4-2-1-3-5-10/h1-9H,(H,18,20). The fourth-order valence-electron chi connectivity index (χ4n) is 2.07. The highest BCUT2D eigenvalue weighted by Gasteiger charge is 2.10. The van der Waals surface area contributed by atoms with Crippen molar-refractivity contribution < 1.29 is 4.39 Å². The minimum atomic E-state index is -0.294. The maximum atomic E-state index is 13.4. The minimum absolute atomic E-state index is 0.294. The number of hydrogen-bond donors (Lipinski definition) is 1. The average molecular weight is 349 g/mol. The molecule has 1 N–H and O–H groups in total. The zero-order chi connectivity index (χ0) is 14.1. The summed E-state index contributed by atoms with van der Waals surface area (Å²) in [5, 5.41) is 0. The number of aromatic amines is 1. The van der Waals surface area contributed by atoms with Crippen LogP contribution in [0.15, 0.2) is 59.2 Å². The molecule has 2 nitrogen and oxygen atoms in total. The predicted molar refractivity (Wildman–Crippen MR) is 84.0 cm³/mol. The number of nitrogens with zero attached hydrogens (tertiary/aromatic N) is 1. The van der Waals surface area contributed by atoms with Crippen LogP contribution in [0, 0.1) is 10.6 Å². The Morgan fingerprint density at radius 3 is 2.55 bits per heavy atom. The third-order valence-corrected chi connectivity index (χ3v) is 3.92. The van der Waals surface area contributed by atoms with Gasteiger partial charge in [0.1, 0.15) is 5.82 Å². The van der Waals surface area contributed by atoms with Crippen molar-refractivity contribution in [2.24, 2.45) is 0 Å². The Balaban J connectivity index is 2.22. The Hall–Kier alpha value is -1.72. The molecule has 0 aliphatic rings. The lowest BCUT2D eigenvalue weighted by Gasteiger charge is -2.09.